The van der Waals surface area contributed by atoms with Crippen LogP contribution < -0.4 is 10.1 Å². The molecule has 128 valence electrons. The minimum absolute atomic E-state index is 0.195. The summed E-state index contributed by atoms with van der Waals surface area (Å²) in [6.45, 7) is 4.10. The third-order valence-corrected chi connectivity index (χ3v) is 4.03. The monoisotopic (exact) mass is 356 g/mol. The van der Waals surface area contributed by atoms with E-state index >= 15 is 0 Å². The maximum atomic E-state index is 12.2. The zero-order valence-electron chi connectivity index (χ0n) is 13.9. The highest BCUT2D eigenvalue weighted by atomic mass is 35.5. The summed E-state index contributed by atoms with van der Waals surface area (Å²) in [7, 11) is 0. The largest absolute Gasteiger partial charge is 0.489 e. The summed E-state index contributed by atoms with van der Waals surface area (Å²) < 4.78 is 10.8. The highest BCUT2D eigenvalue weighted by molar-refractivity contribution is 6.30. The number of carbonyl (C=O) groups excluding carboxylic acids is 1. The van der Waals surface area contributed by atoms with Crippen LogP contribution >= 0.6 is 11.6 Å². The van der Waals surface area contributed by atoms with Crippen molar-refractivity contribution in [1.29, 1.82) is 0 Å². The molecule has 0 aliphatic heterocycles. The van der Waals surface area contributed by atoms with Gasteiger partial charge in [-0.1, -0.05) is 16.8 Å². The molecule has 1 N–H and O–H groups in total. The lowest BCUT2D eigenvalue weighted by Crippen LogP contribution is -2.11. The van der Waals surface area contributed by atoms with Gasteiger partial charge in [-0.2, -0.15) is 0 Å². The summed E-state index contributed by atoms with van der Waals surface area (Å²) in [5.74, 6) is 1.22. The smallest absolute Gasteiger partial charge is 0.255 e. The van der Waals surface area contributed by atoms with E-state index in [0.717, 1.165) is 17.0 Å². The van der Waals surface area contributed by atoms with Crippen LogP contribution in [0.1, 0.15) is 27.4 Å². The molecule has 0 fully saturated rings. The van der Waals surface area contributed by atoms with Crippen molar-refractivity contribution in [2.24, 2.45) is 0 Å². The number of halogens is 1. The lowest BCUT2D eigenvalue weighted by Gasteiger charge is -2.08. The van der Waals surface area contributed by atoms with Gasteiger partial charge in [0.1, 0.15) is 18.1 Å². The second-order valence-corrected chi connectivity index (χ2v) is 6.01. The number of nitrogens with zero attached hydrogens (tertiary/aromatic N) is 1. The summed E-state index contributed by atoms with van der Waals surface area (Å²) in [5.41, 5.74) is 2.98. The quantitative estimate of drug-likeness (QED) is 0.714. The Morgan fingerprint density at radius 3 is 2.40 bits per heavy atom. The van der Waals surface area contributed by atoms with Gasteiger partial charge in [0.2, 0.25) is 0 Å². The second-order valence-electron chi connectivity index (χ2n) is 5.58. The molecule has 1 amide bonds. The molecule has 0 saturated carbocycles. The van der Waals surface area contributed by atoms with E-state index in [0.29, 0.717) is 28.6 Å². The Bertz CT molecular complexity index is 851. The Morgan fingerprint density at radius 2 is 1.80 bits per heavy atom. The summed E-state index contributed by atoms with van der Waals surface area (Å²) in [6, 6.07) is 13.9. The number of ether oxygens (including phenoxy) is 1. The maximum absolute atomic E-state index is 12.2. The van der Waals surface area contributed by atoms with Gasteiger partial charge in [0.15, 0.2) is 0 Å². The van der Waals surface area contributed by atoms with Crippen LogP contribution in [0.25, 0.3) is 0 Å². The van der Waals surface area contributed by atoms with Crippen LogP contribution in [-0.4, -0.2) is 11.1 Å². The Labute approximate surface area is 150 Å². The minimum Gasteiger partial charge on any atom is -0.489 e. The van der Waals surface area contributed by atoms with Gasteiger partial charge < -0.3 is 14.6 Å². The predicted molar refractivity (Wildman–Crippen MR) is 96.2 cm³/mol. The van der Waals surface area contributed by atoms with E-state index < -0.39 is 0 Å². The molecule has 0 unspecified atom stereocenters. The Morgan fingerprint density at radius 1 is 1.12 bits per heavy atom. The first-order valence-electron chi connectivity index (χ1n) is 7.74. The van der Waals surface area contributed by atoms with E-state index in [9.17, 15) is 4.79 Å². The van der Waals surface area contributed by atoms with Crippen molar-refractivity contribution < 1.29 is 14.1 Å². The summed E-state index contributed by atoms with van der Waals surface area (Å²) in [6.07, 6.45) is 0. The van der Waals surface area contributed by atoms with Gasteiger partial charge in [-0.3, -0.25) is 4.79 Å². The molecule has 0 aliphatic rings. The van der Waals surface area contributed by atoms with Crippen molar-refractivity contribution in [2.75, 3.05) is 5.32 Å². The molecule has 0 aliphatic carbocycles. The molecule has 3 aromatic rings. The molecule has 0 saturated heterocycles. The average molecular weight is 357 g/mol. The number of hydrogen-bond donors (Lipinski definition) is 1. The molecule has 25 heavy (non-hydrogen) atoms. The van der Waals surface area contributed by atoms with Gasteiger partial charge in [-0.25, -0.2) is 0 Å². The van der Waals surface area contributed by atoms with Crippen molar-refractivity contribution in [3.63, 3.8) is 0 Å². The number of carbonyl (C=O) groups is 1. The Balaban J connectivity index is 1.61. The number of nitrogens with one attached hydrogen (secondary N) is 1. The zero-order chi connectivity index (χ0) is 17.8. The van der Waals surface area contributed by atoms with Crippen LogP contribution in [0.2, 0.25) is 5.02 Å². The third kappa shape index (κ3) is 4.19. The molecule has 6 heteroatoms. The molecule has 2 aromatic carbocycles. The molecular weight excluding hydrogens is 340 g/mol. The molecule has 3 rings (SSSR count). The molecule has 0 radical (unpaired) electrons. The fourth-order valence-electron chi connectivity index (χ4n) is 2.30. The lowest BCUT2D eigenvalue weighted by atomic mass is 10.2. The lowest BCUT2D eigenvalue weighted by molar-refractivity contribution is 0.102. The first kappa shape index (κ1) is 17.0. The standard InChI is InChI=1S/C19H17ClN2O3/c1-12-18(13(2)25-22-12)11-24-17-9-3-14(4-10-17)19(23)21-16-7-5-15(20)6-8-16/h3-10H,11H2,1-2H3,(H,21,23). The van der Waals surface area contributed by atoms with E-state index in [-0.39, 0.29) is 5.91 Å². The number of aryl methyl sites for hydroxylation is 2. The van der Waals surface area contributed by atoms with Crippen molar-refractivity contribution in [2.45, 2.75) is 20.5 Å². The number of benzene rings is 2. The Kier molecular flexibility index (Phi) is 5.05. The second kappa shape index (κ2) is 7.40. The zero-order valence-corrected chi connectivity index (χ0v) is 14.6. The van der Waals surface area contributed by atoms with Crippen molar-refractivity contribution in [3.05, 3.63) is 76.1 Å². The SMILES string of the molecule is Cc1noc(C)c1COc1ccc(C(=O)Nc2ccc(Cl)cc2)cc1. The van der Waals surface area contributed by atoms with Gasteiger partial charge in [0.25, 0.3) is 5.91 Å². The predicted octanol–water partition coefficient (Wildman–Crippen LogP) is 4.78. The van der Waals surface area contributed by atoms with Crippen molar-refractivity contribution in [1.82, 2.24) is 5.16 Å². The van der Waals surface area contributed by atoms with Crippen LogP contribution in [-0.2, 0) is 6.61 Å². The number of hydrogen-bond acceptors (Lipinski definition) is 4. The number of anilines is 1. The molecule has 1 heterocycles. The minimum atomic E-state index is -0.195. The summed E-state index contributed by atoms with van der Waals surface area (Å²) in [4.78, 5) is 12.2. The molecule has 5 nitrogen and oxygen atoms in total. The van der Waals surface area contributed by atoms with Crippen LogP contribution in [0.5, 0.6) is 5.75 Å². The first-order valence-corrected chi connectivity index (χ1v) is 8.12. The highest BCUT2D eigenvalue weighted by Gasteiger charge is 2.10. The molecule has 0 atom stereocenters. The number of aromatic nitrogens is 1. The Hall–Kier alpha value is -2.79. The number of rotatable bonds is 5. The molecule has 0 spiro atoms. The average Bonchev–Trinajstić information content (AvgIpc) is 2.93. The number of amides is 1. The molecule has 1 aromatic heterocycles. The van der Waals surface area contributed by atoms with Gasteiger partial charge in [0.05, 0.1) is 11.3 Å². The topological polar surface area (TPSA) is 64.4 Å². The van der Waals surface area contributed by atoms with E-state index in [1.807, 2.05) is 13.8 Å². The fourth-order valence-corrected chi connectivity index (χ4v) is 2.43. The normalized spacial score (nSPS) is 10.5. The van der Waals surface area contributed by atoms with E-state index in [4.69, 9.17) is 20.9 Å². The van der Waals surface area contributed by atoms with E-state index in [2.05, 4.69) is 10.5 Å². The van der Waals surface area contributed by atoms with Gasteiger partial charge in [0, 0.05) is 16.3 Å². The van der Waals surface area contributed by atoms with Gasteiger partial charge >= 0.3 is 0 Å². The van der Waals surface area contributed by atoms with Gasteiger partial charge in [-0.05, 0) is 62.4 Å². The van der Waals surface area contributed by atoms with Crippen LogP contribution in [0.4, 0.5) is 5.69 Å². The molecule has 0 bridgehead atoms. The maximum Gasteiger partial charge on any atom is 0.255 e. The van der Waals surface area contributed by atoms with Crippen molar-refractivity contribution in [3.8, 4) is 5.75 Å². The summed E-state index contributed by atoms with van der Waals surface area (Å²) in [5, 5.41) is 7.33. The highest BCUT2D eigenvalue weighted by Crippen LogP contribution is 2.19. The fraction of sp³-hybridized carbons (Fsp3) is 0.158. The summed E-state index contributed by atoms with van der Waals surface area (Å²) >= 11 is 5.83. The molecular formula is C19H17ClN2O3. The van der Waals surface area contributed by atoms with Crippen molar-refractivity contribution >= 4 is 23.2 Å². The van der Waals surface area contributed by atoms with Crippen LogP contribution in [0.15, 0.2) is 53.1 Å². The third-order valence-electron chi connectivity index (χ3n) is 3.78. The van der Waals surface area contributed by atoms with E-state index in [1.165, 1.54) is 0 Å². The first-order chi connectivity index (χ1) is 12.0. The van der Waals surface area contributed by atoms with Crippen LogP contribution in [0, 0.1) is 13.8 Å². The van der Waals surface area contributed by atoms with Gasteiger partial charge in [-0.15, -0.1) is 0 Å². The van der Waals surface area contributed by atoms with Crippen LogP contribution in [0.3, 0.4) is 0 Å². The van der Waals surface area contributed by atoms with E-state index in [1.54, 1.807) is 48.5 Å².